The highest BCUT2D eigenvalue weighted by Crippen LogP contribution is 2.56. The van der Waals surface area contributed by atoms with Gasteiger partial charge in [-0.3, -0.25) is 5.10 Å². The van der Waals surface area contributed by atoms with Crippen molar-refractivity contribution in [1.29, 1.82) is 4.78 Å². The monoisotopic (exact) mass is 466 g/mol. The molecule has 174 valence electrons. The Balaban J connectivity index is 0.893. The van der Waals surface area contributed by atoms with Crippen molar-refractivity contribution < 1.29 is 9.00 Å². The lowest BCUT2D eigenvalue weighted by Gasteiger charge is -2.59. The van der Waals surface area contributed by atoms with Gasteiger partial charge in [-0.2, -0.15) is 5.10 Å². The minimum Gasteiger partial charge on any atom is -0.323 e. The van der Waals surface area contributed by atoms with Crippen LogP contribution in [0.1, 0.15) is 73.5 Å². The van der Waals surface area contributed by atoms with Crippen LogP contribution in [-0.2, 0) is 9.73 Å². The number of hydrogen-bond acceptors (Lipinski definition) is 5. The molecule has 2 aliphatic heterocycles. The minimum absolute atomic E-state index is 0.0434. The molecule has 33 heavy (non-hydrogen) atoms. The maximum Gasteiger partial charge on any atom is 0.320 e. The lowest BCUT2D eigenvalue weighted by molar-refractivity contribution is -0.0601. The molecule has 3 saturated carbocycles. The number of hydrogen-bond donors (Lipinski definition) is 2. The summed E-state index contributed by atoms with van der Waals surface area (Å²) >= 11 is 0. The number of rotatable bonds is 5. The van der Waals surface area contributed by atoms with Gasteiger partial charge in [-0.15, -0.1) is 0 Å². The third-order valence-corrected chi connectivity index (χ3v) is 10.8. The zero-order chi connectivity index (χ0) is 22.4. The van der Waals surface area contributed by atoms with Crippen molar-refractivity contribution in [1.82, 2.24) is 25.0 Å². The van der Waals surface area contributed by atoms with E-state index in [9.17, 15) is 9.00 Å². The number of urea groups is 1. The Kier molecular flexibility index (Phi) is 4.12. The molecule has 1 atom stereocenters. The number of aromatic nitrogens is 3. The number of nitrogens with one attached hydrogen (secondary N) is 2. The Bertz CT molecular complexity index is 1190. The summed E-state index contributed by atoms with van der Waals surface area (Å²) in [7, 11) is -2.64. The van der Waals surface area contributed by atoms with Gasteiger partial charge in [0.1, 0.15) is 5.82 Å². The van der Waals surface area contributed by atoms with Crippen LogP contribution in [0.25, 0.3) is 0 Å². The molecule has 2 saturated heterocycles. The maximum atomic E-state index is 12.9. The Morgan fingerprint density at radius 2 is 1.70 bits per heavy atom. The van der Waals surface area contributed by atoms with Crippen LogP contribution in [0.15, 0.2) is 29.2 Å². The molecule has 8 nitrogen and oxygen atoms in total. The average Bonchev–Trinajstić information content (AvgIpc) is 3.63. The van der Waals surface area contributed by atoms with Crippen LogP contribution in [0.3, 0.4) is 0 Å². The van der Waals surface area contributed by atoms with Gasteiger partial charge < -0.3 is 9.80 Å². The minimum atomic E-state index is -2.64. The third kappa shape index (κ3) is 3.30. The molecule has 0 radical (unpaired) electrons. The summed E-state index contributed by atoms with van der Waals surface area (Å²) in [6.07, 6.45) is 6.46. The maximum absolute atomic E-state index is 12.9. The first-order valence-electron chi connectivity index (χ1n) is 12.2. The van der Waals surface area contributed by atoms with Crippen molar-refractivity contribution in [2.45, 2.75) is 66.4 Å². The van der Waals surface area contributed by atoms with E-state index in [2.05, 4.69) is 10.2 Å². The van der Waals surface area contributed by atoms with Crippen molar-refractivity contribution in [3.63, 3.8) is 0 Å². The molecule has 1 aromatic heterocycles. The molecule has 5 aliphatic rings. The Morgan fingerprint density at radius 3 is 2.33 bits per heavy atom. The quantitative estimate of drug-likeness (QED) is 0.701. The number of carbonyl (C=O) groups is 1. The molecular formula is C24H30N6O2S. The molecule has 2 N–H and O–H groups in total. The standard InChI is InChI=1S/C24H30N6O2S/c25-33(32,20-7-8-20)19-5-3-15(4-6-19)18-11-29(12-18)23(31)30-13-24(14-30)9-17(10-24)22-26-21(27-28-22)16-1-2-16/h3-6,16-18,20,25H,1-2,7-14H2,(H,26,27,28). The van der Waals surface area contributed by atoms with E-state index < -0.39 is 9.73 Å². The van der Waals surface area contributed by atoms with Gasteiger partial charge in [0.2, 0.25) is 0 Å². The SMILES string of the molecule is N=S(=O)(c1ccc(C2CN(C(=O)N3CC4(CC(c5nc(C6CC6)n[nH]5)C4)C3)C2)cc1)C1CC1. The number of carbonyl (C=O) groups excluding carboxylic acids is 1. The van der Waals surface area contributed by atoms with E-state index in [0.717, 1.165) is 63.5 Å². The molecule has 2 aromatic rings. The lowest BCUT2D eigenvalue weighted by atomic mass is 9.57. The molecule has 1 spiro atoms. The van der Waals surface area contributed by atoms with E-state index in [0.29, 0.717) is 22.6 Å². The average molecular weight is 467 g/mol. The van der Waals surface area contributed by atoms with Crippen LogP contribution in [0.4, 0.5) is 4.79 Å². The second-order valence-electron chi connectivity index (χ2n) is 11.1. The van der Waals surface area contributed by atoms with Crippen LogP contribution < -0.4 is 0 Å². The number of nitrogens with zero attached hydrogens (tertiary/aromatic N) is 4. The third-order valence-electron chi connectivity index (χ3n) is 8.38. The van der Waals surface area contributed by atoms with Gasteiger partial charge in [-0.1, -0.05) is 12.1 Å². The fraction of sp³-hybridized carbons (Fsp3) is 0.625. The molecular weight excluding hydrogens is 436 g/mol. The van der Waals surface area contributed by atoms with E-state index in [1.54, 1.807) is 0 Å². The normalized spacial score (nSPS) is 26.4. The first kappa shape index (κ1) is 20.0. The summed E-state index contributed by atoms with van der Waals surface area (Å²) in [5.41, 5.74) is 1.46. The summed E-state index contributed by atoms with van der Waals surface area (Å²) in [6, 6.07) is 7.90. The van der Waals surface area contributed by atoms with Crippen LogP contribution in [-0.4, -0.2) is 66.7 Å². The largest absolute Gasteiger partial charge is 0.323 e. The van der Waals surface area contributed by atoms with Crippen molar-refractivity contribution in [2.24, 2.45) is 5.41 Å². The number of aromatic amines is 1. The van der Waals surface area contributed by atoms with Gasteiger partial charge in [0, 0.05) is 59.5 Å². The predicted molar refractivity (Wildman–Crippen MR) is 123 cm³/mol. The van der Waals surface area contributed by atoms with E-state index >= 15 is 0 Å². The molecule has 5 fully saturated rings. The molecule has 3 aliphatic carbocycles. The highest BCUT2D eigenvalue weighted by Gasteiger charge is 2.56. The van der Waals surface area contributed by atoms with E-state index in [1.807, 2.05) is 34.1 Å². The van der Waals surface area contributed by atoms with Crippen LogP contribution in [0.2, 0.25) is 0 Å². The molecule has 7 rings (SSSR count). The Morgan fingerprint density at radius 1 is 1.00 bits per heavy atom. The summed E-state index contributed by atoms with van der Waals surface area (Å²) in [6.45, 7) is 3.21. The highest BCUT2D eigenvalue weighted by atomic mass is 32.2. The van der Waals surface area contributed by atoms with Gasteiger partial charge in [0.25, 0.3) is 0 Å². The first-order valence-corrected chi connectivity index (χ1v) is 13.9. The Labute approximate surface area is 194 Å². The van der Waals surface area contributed by atoms with Gasteiger partial charge in [-0.25, -0.2) is 18.8 Å². The van der Waals surface area contributed by atoms with E-state index in [1.165, 1.54) is 18.4 Å². The predicted octanol–water partition coefficient (Wildman–Crippen LogP) is 3.65. The van der Waals surface area contributed by atoms with Crippen molar-refractivity contribution >= 4 is 15.8 Å². The fourth-order valence-electron chi connectivity index (χ4n) is 5.91. The molecule has 9 heteroatoms. The van der Waals surface area contributed by atoms with Crippen LogP contribution in [0, 0.1) is 10.2 Å². The zero-order valence-electron chi connectivity index (χ0n) is 18.7. The van der Waals surface area contributed by atoms with Crippen LogP contribution in [0.5, 0.6) is 0 Å². The molecule has 1 unspecified atom stereocenters. The van der Waals surface area contributed by atoms with Gasteiger partial charge in [0.15, 0.2) is 5.82 Å². The van der Waals surface area contributed by atoms with E-state index in [-0.39, 0.29) is 16.7 Å². The second kappa shape index (κ2) is 6.81. The summed E-state index contributed by atoms with van der Waals surface area (Å²) in [4.78, 5) is 22.2. The van der Waals surface area contributed by atoms with E-state index in [4.69, 9.17) is 9.76 Å². The molecule has 2 amide bonds. The summed E-state index contributed by atoms with van der Waals surface area (Å²) in [5, 5.41) is 7.58. The van der Waals surface area contributed by atoms with Gasteiger partial charge >= 0.3 is 6.03 Å². The molecule has 3 heterocycles. The van der Waals surface area contributed by atoms with Crippen molar-refractivity contribution in [2.75, 3.05) is 26.2 Å². The smallest absolute Gasteiger partial charge is 0.320 e. The second-order valence-corrected chi connectivity index (χ2v) is 13.4. The summed E-state index contributed by atoms with van der Waals surface area (Å²) < 4.78 is 20.8. The summed E-state index contributed by atoms with van der Waals surface area (Å²) in [5.74, 6) is 3.43. The molecule has 0 bridgehead atoms. The highest BCUT2D eigenvalue weighted by molar-refractivity contribution is 7.93. The number of H-pyrrole nitrogens is 1. The Hall–Kier alpha value is -2.42. The van der Waals surface area contributed by atoms with Crippen molar-refractivity contribution in [3.05, 3.63) is 41.5 Å². The van der Waals surface area contributed by atoms with Crippen LogP contribution >= 0.6 is 0 Å². The van der Waals surface area contributed by atoms with Gasteiger partial charge in [0.05, 0.1) is 9.73 Å². The zero-order valence-corrected chi connectivity index (χ0v) is 19.5. The molecule has 1 aromatic carbocycles. The number of likely N-dealkylation sites (tertiary alicyclic amines) is 2. The number of amides is 2. The lowest BCUT2D eigenvalue weighted by Crippen LogP contribution is -2.67. The number of benzene rings is 1. The first-order chi connectivity index (χ1) is 15.9. The van der Waals surface area contributed by atoms with Gasteiger partial charge in [-0.05, 0) is 56.2 Å². The van der Waals surface area contributed by atoms with Crippen molar-refractivity contribution in [3.8, 4) is 0 Å². The topological polar surface area (TPSA) is 106 Å². The fourth-order valence-corrected chi connectivity index (χ4v) is 7.64.